The van der Waals surface area contributed by atoms with Crippen molar-refractivity contribution in [1.29, 1.82) is 0 Å². The summed E-state index contributed by atoms with van der Waals surface area (Å²) < 4.78 is 55.4. The second-order valence-electron chi connectivity index (χ2n) is 7.65. The van der Waals surface area contributed by atoms with Crippen LogP contribution in [0.3, 0.4) is 0 Å². The number of pyridine rings is 1. The average molecular weight is 487 g/mol. The second-order valence-corrected chi connectivity index (χ2v) is 9.22. The molecule has 0 saturated heterocycles. The molecule has 0 saturated carbocycles. The van der Waals surface area contributed by atoms with Gasteiger partial charge in [0.15, 0.2) is 0 Å². The zero-order valence-electron chi connectivity index (χ0n) is 18.3. The third-order valence-corrected chi connectivity index (χ3v) is 5.77. The van der Waals surface area contributed by atoms with Crippen molar-refractivity contribution < 1.29 is 26.8 Å². The van der Waals surface area contributed by atoms with Crippen LogP contribution in [0.15, 0.2) is 54.9 Å². The van der Waals surface area contributed by atoms with E-state index >= 15 is 0 Å². The molecule has 0 radical (unpaired) electrons. The number of anilines is 2. The number of hydrogen-bond donors (Lipinski definition) is 3. The first-order valence-electron chi connectivity index (χ1n) is 10.4. The van der Waals surface area contributed by atoms with E-state index in [1.807, 2.05) is 25.1 Å². The molecule has 0 amide bonds. The van der Waals surface area contributed by atoms with Gasteiger partial charge in [0.1, 0.15) is 18.2 Å². The largest absolute Gasteiger partial charge is 0.489 e. The van der Waals surface area contributed by atoms with Crippen molar-refractivity contribution >= 4 is 32.4 Å². The summed E-state index contributed by atoms with van der Waals surface area (Å²) >= 11 is 0. The van der Waals surface area contributed by atoms with Gasteiger partial charge in [0, 0.05) is 5.69 Å². The van der Waals surface area contributed by atoms with Gasteiger partial charge < -0.3 is 14.8 Å². The normalized spacial score (nSPS) is 11.5. The van der Waals surface area contributed by atoms with Crippen molar-refractivity contribution in [1.82, 2.24) is 15.2 Å². The van der Waals surface area contributed by atoms with Crippen molar-refractivity contribution in [3.05, 3.63) is 71.8 Å². The Labute approximate surface area is 195 Å². The number of ether oxygens (including phenoxy) is 2. The molecule has 0 atom stereocenters. The number of H-pyrrole nitrogens is 1. The molecular weight excluding hydrogens is 463 g/mol. The minimum absolute atomic E-state index is 0.0674. The summed E-state index contributed by atoms with van der Waals surface area (Å²) in [6.45, 7) is 2.23. The van der Waals surface area contributed by atoms with E-state index in [0.717, 1.165) is 16.8 Å². The van der Waals surface area contributed by atoms with Gasteiger partial charge in [0.2, 0.25) is 5.88 Å². The number of hydrogen-bond acceptors (Lipinski definition) is 7. The molecular formula is C23H23FN4O5S. The fourth-order valence-corrected chi connectivity index (χ4v) is 3.87. The summed E-state index contributed by atoms with van der Waals surface area (Å²) in [5.41, 5.74) is 3.69. The van der Waals surface area contributed by atoms with Crippen LogP contribution in [0.5, 0.6) is 11.6 Å². The monoisotopic (exact) mass is 486 g/mol. The highest BCUT2D eigenvalue weighted by Crippen LogP contribution is 2.33. The maximum absolute atomic E-state index is 13.4. The fraction of sp³-hybridized carbons (Fsp3) is 0.217. The Kier molecular flexibility index (Phi) is 6.94. The lowest BCUT2D eigenvalue weighted by atomic mass is 10.2. The van der Waals surface area contributed by atoms with E-state index in [4.69, 9.17) is 14.0 Å². The zero-order chi connectivity index (χ0) is 24.1. The first kappa shape index (κ1) is 23.5. The smallest absolute Gasteiger partial charge is 0.264 e. The molecule has 2 heterocycles. The summed E-state index contributed by atoms with van der Waals surface area (Å²) in [5, 5.41) is 10.9. The van der Waals surface area contributed by atoms with Crippen LogP contribution in [-0.2, 0) is 16.7 Å². The van der Waals surface area contributed by atoms with E-state index in [2.05, 4.69) is 20.5 Å². The number of aromatic nitrogens is 3. The van der Waals surface area contributed by atoms with E-state index < -0.39 is 15.9 Å². The van der Waals surface area contributed by atoms with Crippen molar-refractivity contribution in [2.45, 2.75) is 20.0 Å². The van der Waals surface area contributed by atoms with Crippen molar-refractivity contribution in [2.24, 2.45) is 0 Å². The van der Waals surface area contributed by atoms with Crippen LogP contribution in [0.25, 0.3) is 10.9 Å². The maximum atomic E-state index is 13.4. The predicted molar refractivity (Wildman–Crippen MR) is 126 cm³/mol. The molecule has 11 heteroatoms. The highest BCUT2D eigenvalue weighted by molar-refractivity contribution is 7.85. The third kappa shape index (κ3) is 6.00. The number of aryl methyl sites for hydroxylation is 1. The second kappa shape index (κ2) is 10.1. The summed E-state index contributed by atoms with van der Waals surface area (Å²) in [6, 6.07) is 11.9. The van der Waals surface area contributed by atoms with E-state index in [1.165, 1.54) is 12.1 Å². The number of nitrogens with zero attached hydrogens (tertiary/aromatic N) is 2. The SMILES string of the molecule is Cc1cc(Nc2cncc3[nH]nc(OCCCS(=O)(=O)O)c23)ccc1OCc1cccc(F)c1. The Morgan fingerprint density at radius 3 is 2.76 bits per heavy atom. The van der Waals surface area contributed by atoms with Gasteiger partial charge in [-0.15, -0.1) is 5.10 Å². The van der Waals surface area contributed by atoms with Crippen LogP contribution in [0.4, 0.5) is 15.8 Å². The number of aromatic amines is 1. The maximum Gasteiger partial charge on any atom is 0.264 e. The minimum atomic E-state index is -4.04. The molecule has 4 rings (SSSR count). The fourth-order valence-electron chi connectivity index (χ4n) is 3.38. The van der Waals surface area contributed by atoms with Gasteiger partial charge in [-0.25, -0.2) is 4.39 Å². The summed E-state index contributed by atoms with van der Waals surface area (Å²) in [5.74, 6) is 0.273. The van der Waals surface area contributed by atoms with Crippen LogP contribution in [0.2, 0.25) is 0 Å². The highest BCUT2D eigenvalue weighted by Gasteiger charge is 2.14. The van der Waals surface area contributed by atoms with E-state index in [9.17, 15) is 12.8 Å². The molecule has 9 nitrogen and oxygen atoms in total. The van der Waals surface area contributed by atoms with E-state index in [0.29, 0.717) is 28.2 Å². The van der Waals surface area contributed by atoms with Crippen molar-refractivity contribution in [3.63, 3.8) is 0 Å². The van der Waals surface area contributed by atoms with E-state index in [-0.39, 0.29) is 25.5 Å². The molecule has 0 spiro atoms. The van der Waals surface area contributed by atoms with Gasteiger partial charge in [0.05, 0.1) is 41.3 Å². The van der Waals surface area contributed by atoms with Crippen LogP contribution in [-0.4, -0.2) is 40.5 Å². The Hall–Kier alpha value is -3.70. The van der Waals surface area contributed by atoms with Gasteiger partial charge in [-0.05, 0) is 54.8 Å². The lowest BCUT2D eigenvalue weighted by molar-refractivity contribution is 0.303. The third-order valence-electron chi connectivity index (χ3n) is 4.96. The van der Waals surface area contributed by atoms with E-state index in [1.54, 1.807) is 24.5 Å². The molecule has 0 fully saturated rings. The Bertz CT molecular complexity index is 1410. The molecule has 3 N–H and O–H groups in total. The topological polar surface area (TPSA) is 126 Å². The van der Waals surface area contributed by atoms with Crippen LogP contribution in [0, 0.1) is 12.7 Å². The Morgan fingerprint density at radius 1 is 1.15 bits per heavy atom. The number of rotatable bonds is 10. The standard InChI is InChI=1S/C23H23FN4O5S/c1-15-10-18(6-7-21(15)33-14-16-4-2-5-17(24)11-16)26-19-12-25-13-20-22(19)23(28-27-20)32-8-3-9-34(29,30)31/h2,4-7,10-13,26H,3,8-9,14H2,1H3,(H,27,28)(H,29,30,31). The van der Waals surface area contributed by atoms with Gasteiger partial charge in [0.25, 0.3) is 10.1 Å². The number of nitrogens with one attached hydrogen (secondary N) is 2. The summed E-state index contributed by atoms with van der Waals surface area (Å²) in [6.07, 6.45) is 3.36. The van der Waals surface area contributed by atoms with Crippen molar-refractivity contribution in [2.75, 3.05) is 17.7 Å². The number of halogens is 1. The van der Waals surface area contributed by atoms with Crippen molar-refractivity contribution in [3.8, 4) is 11.6 Å². The molecule has 34 heavy (non-hydrogen) atoms. The Balaban J connectivity index is 1.46. The molecule has 0 bridgehead atoms. The van der Waals surface area contributed by atoms with Gasteiger partial charge in [-0.3, -0.25) is 14.6 Å². The van der Waals surface area contributed by atoms with Crippen LogP contribution < -0.4 is 14.8 Å². The van der Waals surface area contributed by atoms with Gasteiger partial charge in [-0.2, -0.15) is 8.42 Å². The predicted octanol–water partition coefficient (Wildman–Crippen LogP) is 4.38. The first-order chi connectivity index (χ1) is 16.3. The Morgan fingerprint density at radius 2 is 2.00 bits per heavy atom. The minimum Gasteiger partial charge on any atom is -0.489 e. The van der Waals surface area contributed by atoms with Crippen LogP contribution in [0.1, 0.15) is 17.5 Å². The summed E-state index contributed by atoms with van der Waals surface area (Å²) in [7, 11) is -4.04. The number of benzene rings is 2. The van der Waals surface area contributed by atoms with Gasteiger partial charge in [-0.1, -0.05) is 12.1 Å². The molecule has 0 unspecified atom stereocenters. The zero-order valence-corrected chi connectivity index (χ0v) is 19.1. The lowest BCUT2D eigenvalue weighted by Gasteiger charge is -2.13. The molecule has 2 aromatic carbocycles. The quantitative estimate of drug-likeness (QED) is 0.223. The molecule has 2 aromatic heterocycles. The molecule has 0 aliphatic rings. The molecule has 0 aliphatic carbocycles. The lowest BCUT2D eigenvalue weighted by Crippen LogP contribution is -2.08. The molecule has 4 aromatic rings. The molecule has 178 valence electrons. The van der Waals surface area contributed by atoms with Gasteiger partial charge >= 0.3 is 0 Å². The summed E-state index contributed by atoms with van der Waals surface area (Å²) in [4.78, 5) is 4.20. The first-order valence-corrected chi connectivity index (χ1v) is 12.0. The highest BCUT2D eigenvalue weighted by atomic mass is 32.2. The van der Waals surface area contributed by atoms with Crippen LogP contribution >= 0.6 is 0 Å². The number of fused-ring (bicyclic) bond motifs is 1. The average Bonchev–Trinajstić information content (AvgIpc) is 3.20. The molecule has 0 aliphatic heterocycles.